The zero-order chi connectivity index (χ0) is 16.8. The van der Waals surface area contributed by atoms with Gasteiger partial charge in [-0.05, 0) is 42.8 Å². The highest BCUT2D eigenvalue weighted by molar-refractivity contribution is 7.90. The van der Waals surface area contributed by atoms with Crippen LogP contribution >= 0.6 is 11.6 Å². The first-order valence-corrected chi connectivity index (χ1v) is 8.49. The van der Waals surface area contributed by atoms with Gasteiger partial charge in [-0.25, -0.2) is 21.9 Å². The Morgan fingerprint density at radius 1 is 1.22 bits per heavy atom. The van der Waals surface area contributed by atoms with E-state index < -0.39 is 28.4 Å². The van der Waals surface area contributed by atoms with Crippen LogP contribution in [0.2, 0.25) is 5.02 Å². The lowest BCUT2D eigenvalue weighted by atomic mass is 10.2. The van der Waals surface area contributed by atoms with Crippen molar-refractivity contribution in [3.8, 4) is 0 Å². The molecule has 0 fully saturated rings. The summed E-state index contributed by atoms with van der Waals surface area (Å²) in [6.45, 7) is 1.35. The number of halogens is 2. The number of anilines is 1. The predicted octanol–water partition coefficient (Wildman–Crippen LogP) is 3.52. The highest BCUT2D eigenvalue weighted by Crippen LogP contribution is 2.32. The Morgan fingerprint density at radius 2 is 1.96 bits per heavy atom. The van der Waals surface area contributed by atoms with Gasteiger partial charge in [-0.15, -0.1) is 0 Å². The maximum absolute atomic E-state index is 13.8. The van der Waals surface area contributed by atoms with Crippen LogP contribution < -0.4 is 5.32 Å². The number of aryl methyl sites for hydroxylation is 1. The van der Waals surface area contributed by atoms with Crippen molar-refractivity contribution in [2.45, 2.75) is 18.4 Å². The van der Waals surface area contributed by atoms with Gasteiger partial charge in [-0.1, -0.05) is 17.7 Å². The number of nitrogens with zero attached hydrogens (tertiary/aromatic N) is 1. The summed E-state index contributed by atoms with van der Waals surface area (Å²) in [6, 6.07) is 7.56. The molecule has 1 N–H and O–H groups in total. The Kier molecular flexibility index (Phi) is 3.77. The van der Waals surface area contributed by atoms with Crippen LogP contribution in [0, 0.1) is 12.7 Å². The summed E-state index contributed by atoms with van der Waals surface area (Å²) in [7, 11) is -4.07. The SMILES string of the molecule is Cc1ccc2c(c1)NC(=O)N(Cc1cc(Cl)ccc1F)S2(=O)=O. The van der Waals surface area contributed by atoms with Gasteiger partial charge >= 0.3 is 6.03 Å². The van der Waals surface area contributed by atoms with Crippen molar-refractivity contribution in [2.75, 3.05) is 5.32 Å². The second-order valence-electron chi connectivity index (χ2n) is 5.18. The van der Waals surface area contributed by atoms with Gasteiger partial charge in [0.15, 0.2) is 0 Å². The molecule has 120 valence electrons. The van der Waals surface area contributed by atoms with E-state index in [9.17, 15) is 17.6 Å². The summed E-state index contributed by atoms with van der Waals surface area (Å²) in [5.41, 5.74) is 1.05. The van der Waals surface area contributed by atoms with Crippen LogP contribution in [0.5, 0.6) is 0 Å². The van der Waals surface area contributed by atoms with Gasteiger partial charge in [0.1, 0.15) is 10.7 Å². The molecule has 0 aromatic heterocycles. The second-order valence-corrected chi connectivity index (χ2v) is 7.44. The number of carbonyl (C=O) groups is 1. The lowest BCUT2D eigenvalue weighted by molar-refractivity contribution is 0.233. The molecule has 5 nitrogen and oxygen atoms in total. The maximum atomic E-state index is 13.8. The first-order valence-electron chi connectivity index (χ1n) is 6.67. The van der Waals surface area contributed by atoms with Crippen LogP contribution in [0.15, 0.2) is 41.3 Å². The van der Waals surface area contributed by atoms with E-state index in [1.807, 2.05) is 0 Å². The molecule has 0 radical (unpaired) electrons. The second kappa shape index (κ2) is 5.50. The molecule has 3 rings (SSSR count). The molecule has 0 saturated carbocycles. The van der Waals surface area contributed by atoms with E-state index in [0.29, 0.717) is 4.31 Å². The first-order chi connectivity index (χ1) is 10.8. The number of rotatable bonds is 2. The molecule has 0 atom stereocenters. The first kappa shape index (κ1) is 15.8. The Bertz CT molecular complexity index is 915. The Labute approximate surface area is 137 Å². The molecule has 1 aliphatic rings. The molecule has 1 aliphatic heterocycles. The van der Waals surface area contributed by atoms with Crippen molar-refractivity contribution >= 4 is 33.3 Å². The summed E-state index contributed by atoms with van der Waals surface area (Å²) >= 11 is 5.81. The van der Waals surface area contributed by atoms with Crippen LogP contribution in [0.1, 0.15) is 11.1 Å². The van der Waals surface area contributed by atoms with Crippen molar-refractivity contribution in [1.29, 1.82) is 0 Å². The van der Waals surface area contributed by atoms with E-state index in [2.05, 4.69) is 5.32 Å². The zero-order valence-corrected chi connectivity index (χ0v) is 13.6. The number of urea groups is 1. The number of hydrogen-bond acceptors (Lipinski definition) is 3. The predicted molar refractivity (Wildman–Crippen MR) is 84.3 cm³/mol. The standard InChI is InChI=1S/C15H12ClFN2O3S/c1-9-2-5-14-13(6-9)18-15(20)19(23(14,21)22)8-10-7-11(16)3-4-12(10)17/h2-7H,8H2,1H3,(H,18,20). The molecule has 2 amide bonds. The summed E-state index contributed by atoms with van der Waals surface area (Å²) < 4.78 is 39.7. The minimum absolute atomic E-state index is 0.0202. The van der Waals surface area contributed by atoms with E-state index in [4.69, 9.17) is 11.6 Å². The molecular formula is C15H12ClFN2O3S. The fourth-order valence-electron chi connectivity index (χ4n) is 2.35. The maximum Gasteiger partial charge on any atom is 0.336 e. The van der Waals surface area contributed by atoms with Crippen LogP contribution in [0.4, 0.5) is 14.9 Å². The number of benzene rings is 2. The van der Waals surface area contributed by atoms with Gasteiger partial charge in [0.2, 0.25) is 0 Å². The molecule has 23 heavy (non-hydrogen) atoms. The van der Waals surface area contributed by atoms with Gasteiger partial charge in [0, 0.05) is 10.6 Å². The topological polar surface area (TPSA) is 66.5 Å². The van der Waals surface area contributed by atoms with E-state index in [0.717, 1.165) is 11.6 Å². The average Bonchev–Trinajstić information content (AvgIpc) is 2.46. The number of nitrogens with one attached hydrogen (secondary N) is 1. The Balaban J connectivity index is 2.05. The smallest absolute Gasteiger partial charge is 0.306 e. The van der Waals surface area contributed by atoms with Crippen molar-refractivity contribution < 1.29 is 17.6 Å². The van der Waals surface area contributed by atoms with Crippen molar-refractivity contribution in [3.05, 3.63) is 58.4 Å². The lowest BCUT2D eigenvalue weighted by Crippen LogP contribution is -2.43. The summed E-state index contributed by atoms with van der Waals surface area (Å²) in [6.07, 6.45) is 0. The highest BCUT2D eigenvalue weighted by Gasteiger charge is 2.37. The highest BCUT2D eigenvalue weighted by atomic mass is 35.5. The summed E-state index contributed by atoms with van der Waals surface area (Å²) in [5, 5.41) is 2.77. The number of sulfonamides is 1. The zero-order valence-electron chi connectivity index (χ0n) is 12.0. The van der Waals surface area contributed by atoms with Gasteiger partial charge in [-0.2, -0.15) is 0 Å². The van der Waals surface area contributed by atoms with Gasteiger partial charge in [0.25, 0.3) is 10.0 Å². The molecule has 1 heterocycles. The van der Waals surface area contributed by atoms with Crippen LogP contribution in [-0.4, -0.2) is 18.8 Å². The molecule has 2 aromatic carbocycles. The average molecular weight is 355 g/mol. The third kappa shape index (κ3) is 2.77. The molecule has 8 heteroatoms. The van der Waals surface area contributed by atoms with Gasteiger partial charge < -0.3 is 5.32 Å². The third-order valence-electron chi connectivity index (χ3n) is 3.49. The van der Waals surface area contributed by atoms with Gasteiger partial charge in [-0.3, -0.25) is 0 Å². The molecular weight excluding hydrogens is 343 g/mol. The Hall–Kier alpha value is -2.12. The van der Waals surface area contributed by atoms with Gasteiger partial charge in [0.05, 0.1) is 12.2 Å². The molecule has 0 spiro atoms. The molecule has 0 saturated heterocycles. The molecule has 0 aliphatic carbocycles. The van der Waals surface area contributed by atoms with Crippen molar-refractivity contribution in [2.24, 2.45) is 0 Å². The lowest BCUT2D eigenvalue weighted by Gasteiger charge is -2.29. The molecule has 0 unspecified atom stereocenters. The van der Waals surface area contributed by atoms with E-state index >= 15 is 0 Å². The third-order valence-corrected chi connectivity index (χ3v) is 5.52. The summed E-state index contributed by atoms with van der Waals surface area (Å²) in [5.74, 6) is -0.632. The van der Waals surface area contributed by atoms with E-state index in [-0.39, 0.29) is 21.2 Å². The number of fused-ring (bicyclic) bond motifs is 1. The van der Waals surface area contributed by atoms with E-state index in [1.165, 1.54) is 18.2 Å². The normalized spacial score (nSPS) is 16.0. The summed E-state index contributed by atoms with van der Waals surface area (Å²) in [4.78, 5) is 12.1. The Morgan fingerprint density at radius 3 is 2.70 bits per heavy atom. The van der Waals surface area contributed by atoms with E-state index in [1.54, 1.807) is 19.1 Å². The fourth-order valence-corrected chi connectivity index (χ4v) is 3.98. The quantitative estimate of drug-likeness (QED) is 0.897. The minimum atomic E-state index is -4.07. The van der Waals surface area contributed by atoms with Crippen LogP contribution in [0.3, 0.4) is 0 Å². The van der Waals surface area contributed by atoms with Crippen LogP contribution in [0.25, 0.3) is 0 Å². The monoisotopic (exact) mass is 354 g/mol. The molecule has 0 bridgehead atoms. The molecule has 2 aromatic rings. The fraction of sp³-hybridized carbons (Fsp3) is 0.133. The van der Waals surface area contributed by atoms with Crippen LogP contribution in [-0.2, 0) is 16.6 Å². The number of hydrogen-bond donors (Lipinski definition) is 1. The number of amides is 2. The number of carbonyl (C=O) groups excluding carboxylic acids is 1. The van der Waals surface area contributed by atoms with Crippen molar-refractivity contribution in [1.82, 2.24) is 4.31 Å². The van der Waals surface area contributed by atoms with Crippen molar-refractivity contribution in [3.63, 3.8) is 0 Å². The largest absolute Gasteiger partial charge is 0.336 e. The minimum Gasteiger partial charge on any atom is -0.306 e.